The number of carbonyl (C=O) groups is 1. The normalized spacial score (nSPS) is 12.3. The number of hydrogen-bond acceptors (Lipinski definition) is 4. The third-order valence-corrected chi connectivity index (χ3v) is 5.60. The van der Waals surface area contributed by atoms with Crippen LogP contribution in [0.15, 0.2) is 41.8 Å². The van der Waals surface area contributed by atoms with Gasteiger partial charge in [-0.1, -0.05) is 32.0 Å². The zero-order valence-corrected chi connectivity index (χ0v) is 16.9. The highest BCUT2D eigenvalue weighted by atomic mass is 32.1. The van der Waals surface area contributed by atoms with Gasteiger partial charge in [-0.2, -0.15) is 5.10 Å². The van der Waals surface area contributed by atoms with Crippen LogP contribution in [0.4, 0.5) is 5.69 Å². The fourth-order valence-electron chi connectivity index (χ4n) is 2.85. The summed E-state index contributed by atoms with van der Waals surface area (Å²) in [6, 6.07) is 11.5. The number of amides is 1. The number of likely N-dealkylation sites (N-methyl/N-ethyl adjacent to an activating group) is 1. The fourth-order valence-corrected chi connectivity index (χ4v) is 3.85. The molecule has 0 saturated carbocycles. The molecule has 3 aromatic rings. The first kappa shape index (κ1) is 18.5. The molecule has 0 bridgehead atoms. The molecular weight excluding hydrogens is 364 g/mol. The number of hydrogen-bond donors (Lipinski definition) is 1. The Morgan fingerprint density at radius 1 is 1.27 bits per heavy atom. The number of H-pyrrole nitrogens is 1. The molecule has 2 heterocycles. The lowest BCUT2D eigenvalue weighted by molar-refractivity contribution is -0.121. The maximum Gasteiger partial charge on any atom is 0.249 e. The van der Waals surface area contributed by atoms with Crippen LogP contribution < -0.4 is 4.90 Å². The Morgan fingerprint density at radius 3 is 2.69 bits per heavy atom. The maximum absolute atomic E-state index is 13.1. The molecule has 0 radical (unpaired) electrons. The van der Waals surface area contributed by atoms with Crippen molar-refractivity contribution in [1.82, 2.24) is 14.8 Å². The Morgan fingerprint density at radius 2 is 2.04 bits per heavy atom. The second-order valence-corrected chi connectivity index (χ2v) is 7.86. The molecule has 0 aliphatic rings. The molecule has 0 aliphatic heterocycles. The second kappa shape index (κ2) is 7.55. The van der Waals surface area contributed by atoms with Crippen LogP contribution in [0.2, 0.25) is 0 Å². The Balaban J connectivity index is 1.92. The number of anilines is 1. The number of aromatic nitrogens is 3. The van der Waals surface area contributed by atoms with Crippen molar-refractivity contribution in [1.29, 1.82) is 0 Å². The van der Waals surface area contributed by atoms with Gasteiger partial charge in [-0.05, 0) is 54.2 Å². The highest BCUT2D eigenvalue weighted by Crippen LogP contribution is 2.28. The van der Waals surface area contributed by atoms with Crippen LogP contribution in [0, 0.1) is 4.77 Å². The highest BCUT2D eigenvalue weighted by molar-refractivity contribution is 7.71. The summed E-state index contributed by atoms with van der Waals surface area (Å²) < 4.78 is 2.23. The van der Waals surface area contributed by atoms with E-state index >= 15 is 0 Å². The van der Waals surface area contributed by atoms with Crippen LogP contribution in [-0.2, 0) is 4.79 Å². The van der Waals surface area contributed by atoms with Crippen LogP contribution in [0.5, 0.6) is 0 Å². The first-order valence-corrected chi connectivity index (χ1v) is 9.77. The molecule has 1 amide bonds. The number of benzene rings is 1. The summed E-state index contributed by atoms with van der Waals surface area (Å²) in [7, 11) is 1.80. The van der Waals surface area contributed by atoms with Gasteiger partial charge in [0.15, 0.2) is 10.6 Å². The van der Waals surface area contributed by atoms with Crippen molar-refractivity contribution in [2.45, 2.75) is 32.7 Å². The van der Waals surface area contributed by atoms with Crippen molar-refractivity contribution in [3.8, 4) is 10.7 Å². The Kier molecular flexibility index (Phi) is 5.38. The number of carbonyl (C=O) groups excluding carboxylic acids is 1. The molecule has 1 unspecified atom stereocenters. The minimum atomic E-state index is -0.467. The van der Waals surface area contributed by atoms with E-state index in [9.17, 15) is 4.79 Å². The molecule has 3 rings (SSSR count). The Bertz CT molecular complexity index is 956. The van der Waals surface area contributed by atoms with Crippen LogP contribution in [-0.4, -0.2) is 27.7 Å². The summed E-state index contributed by atoms with van der Waals surface area (Å²) in [5.74, 6) is 1.06. The third kappa shape index (κ3) is 3.50. The standard InChI is InChI=1S/C19H22N4OS2/c1-12(2)14-7-5-8-15(11-14)22(4)18(24)13(3)23-17(20-21-19(23)25)16-9-6-10-26-16/h5-13H,1-4H3,(H,21,25). The predicted molar refractivity (Wildman–Crippen MR) is 109 cm³/mol. The lowest BCUT2D eigenvalue weighted by Crippen LogP contribution is -2.33. The van der Waals surface area contributed by atoms with Gasteiger partial charge >= 0.3 is 0 Å². The molecule has 1 N–H and O–H groups in total. The van der Waals surface area contributed by atoms with Gasteiger partial charge < -0.3 is 4.90 Å². The van der Waals surface area contributed by atoms with Crippen molar-refractivity contribution >= 4 is 35.1 Å². The number of nitrogens with one attached hydrogen (secondary N) is 1. The van der Waals surface area contributed by atoms with Crippen molar-refractivity contribution in [3.05, 3.63) is 52.1 Å². The maximum atomic E-state index is 13.1. The van der Waals surface area contributed by atoms with E-state index in [0.717, 1.165) is 10.6 Å². The van der Waals surface area contributed by atoms with E-state index in [4.69, 9.17) is 12.2 Å². The topological polar surface area (TPSA) is 53.9 Å². The molecule has 0 spiro atoms. The summed E-state index contributed by atoms with van der Waals surface area (Å²) in [6.45, 7) is 6.14. The van der Waals surface area contributed by atoms with E-state index in [-0.39, 0.29) is 5.91 Å². The Labute approximate surface area is 162 Å². The third-order valence-electron chi connectivity index (χ3n) is 4.45. The van der Waals surface area contributed by atoms with E-state index in [0.29, 0.717) is 16.5 Å². The van der Waals surface area contributed by atoms with Crippen LogP contribution in [0.25, 0.3) is 10.7 Å². The minimum Gasteiger partial charge on any atom is -0.314 e. The lowest BCUT2D eigenvalue weighted by atomic mass is 10.0. The van der Waals surface area contributed by atoms with Crippen molar-refractivity contribution < 1.29 is 4.79 Å². The van der Waals surface area contributed by atoms with Gasteiger partial charge in [0.1, 0.15) is 6.04 Å². The first-order valence-electron chi connectivity index (χ1n) is 8.48. The average Bonchev–Trinajstić information content (AvgIpc) is 3.29. The van der Waals surface area contributed by atoms with Gasteiger partial charge in [-0.15, -0.1) is 11.3 Å². The molecule has 0 fully saturated rings. The monoisotopic (exact) mass is 386 g/mol. The smallest absolute Gasteiger partial charge is 0.249 e. The summed E-state index contributed by atoms with van der Waals surface area (Å²) in [5, 5.41) is 9.11. The van der Waals surface area contributed by atoms with Gasteiger partial charge in [0.25, 0.3) is 0 Å². The average molecular weight is 387 g/mol. The van der Waals surface area contributed by atoms with Gasteiger partial charge in [0, 0.05) is 12.7 Å². The van der Waals surface area contributed by atoms with E-state index < -0.39 is 6.04 Å². The van der Waals surface area contributed by atoms with Gasteiger partial charge in [-0.3, -0.25) is 14.5 Å². The number of aromatic amines is 1. The summed E-state index contributed by atoms with van der Waals surface area (Å²) in [5.41, 5.74) is 2.08. The van der Waals surface area contributed by atoms with Gasteiger partial charge in [0.05, 0.1) is 4.88 Å². The van der Waals surface area contributed by atoms with Crippen LogP contribution in [0.3, 0.4) is 0 Å². The molecule has 7 heteroatoms. The molecule has 0 saturated heterocycles. The molecular formula is C19H22N4OS2. The SMILES string of the molecule is CC(C)c1cccc(N(C)C(=O)C(C)n2c(-c3cccs3)n[nH]c2=S)c1. The summed E-state index contributed by atoms with van der Waals surface area (Å²) in [6.07, 6.45) is 0. The van der Waals surface area contributed by atoms with E-state index in [1.165, 1.54) is 5.56 Å². The fraction of sp³-hybridized carbons (Fsp3) is 0.316. The molecule has 26 heavy (non-hydrogen) atoms. The summed E-state index contributed by atoms with van der Waals surface area (Å²) in [4.78, 5) is 15.8. The number of rotatable bonds is 5. The molecule has 2 aromatic heterocycles. The van der Waals surface area contributed by atoms with Crippen molar-refractivity contribution in [2.24, 2.45) is 0 Å². The second-order valence-electron chi connectivity index (χ2n) is 6.52. The molecule has 1 atom stereocenters. The highest BCUT2D eigenvalue weighted by Gasteiger charge is 2.25. The van der Waals surface area contributed by atoms with Crippen LogP contribution in [0.1, 0.15) is 38.3 Å². The molecule has 5 nitrogen and oxygen atoms in total. The number of thiophene rings is 1. The predicted octanol–water partition coefficient (Wildman–Crippen LogP) is 5.02. The zero-order chi connectivity index (χ0) is 18.8. The van der Waals surface area contributed by atoms with E-state index in [1.807, 2.05) is 36.6 Å². The largest absolute Gasteiger partial charge is 0.314 e. The Hall–Kier alpha value is -2.25. The van der Waals surface area contributed by atoms with Crippen LogP contribution >= 0.6 is 23.6 Å². The zero-order valence-electron chi connectivity index (χ0n) is 15.3. The quantitative estimate of drug-likeness (QED) is 0.627. The van der Waals surface area contributed by atoms with Gasteiger partial charge in [0.2, 0.25) is 5.91 Å². The molecule has 136 valence electrons. The minimum absolute atomic E-state index is 0.0405. The van der Waals surface area contributed by atoms with Gasteiger partial charge in [-0.25, -0.2) is 0 Å². The van der Waals surface area contributed by atoms with E-state index in [1.54, 1.807) is 27.9 Å². The first-order chi connectivity index (χ1) is 12.4. The van der Waals surface area contributed by atoms with Crippen molar-refractivity contribution in [3.63, 3.8) is 0 Å². The molecule has 0 aliphatic carbocycles. The lowest BCUT2D eigenvalue weighted by Gasteiger charge is -2.23. The molecule has 1 aromatic carbocycles. The number of nitrogens with zero attached hydrogens (tertiary/aromatic N) is 3. The van der Waals surface area contributed by atoms with Crippen molar-refractivity contribution in [2.75, 3.05) is 11.9 Å². The van der Waals surface area contributed by atoms with E-state index in [2.05, 4.69) is 36.2 Å². The summed E-state index contributed by atoms with van der Waals surface area (Å²) >= 11 is 6.95.